The molecule has 0 unspecified atom stereocenters. The number of benzene rings is 2. The third-order valence-corrected chi connectivity index (χ3v) is 3.92. The summed E-state index contributed by atoms with van der Waals surface area (Å²) in [5.41, 5.74) is 2.64. The lowest BCUT2D eigenvalue weighted by Crippen LogP contribution is -2.22. The molecule has 1 heterocycles. The first-order valence-electron chi connectivity index (χ1n) is 7.46. The molecule has 0 spiro atoms. The van der Waals surface area contributed by atoms with Crippen molar-refractivity contribution in [1.29, 1.82) is 0 Å². The number of carbonyl (C=O) groups excluding carboxylic acids is 1. The van der Waals surface area contributed by atoms with Crippen LogP contribution in [-0.4, -0.2) is 15.5 Å². The van der Waals surface area contributed by atoms with Crippen LogP contribution in [0.4, 0.5) is 0 Å². The van der Waals surface area contributed by atoms with E-state index in [4.69, 9.17) is 0 Å². The fraction of sp³-hybridized carbons (Fsp3) is 0.105. The van der Waals surface area contributed by atoms with E-state index in [-0.39, 0.29) is 11.1 Å². The molecule has 3 rings (SSSR count). The molecular formula is C19H15N2O3-. The molecule has 0 bridgehead atoms. The first-order valence-corrected chi connectivity index (χ1v) is 7.46. The second-order valence-corrected chi connectivity index (χ2v) is 5.46. The predicted octanol–water partition coefficient (Wildman–Crippen LogP) is 1.88. The van der Waals surface area contributed by atoms with E-state index in [2.05, 4.69) is 4.98 Å². The largest absolute Gasteiger partial charge is 0.545 e. The van der Waals surface area contributed by atoms with Crippen LogP contribution >= 0.6 is 0 Å². The quantitative estimate of drug-likeness (QED) is 0.739. The first-order chi connectivity index (χ1) is 11.5. The Morgan fingerprint density at radius 1 is 1.00 bits per heavy atom. The summed E-state index contributed by atoms with van der Waals surface area (Å²) in [7, 11) is 0. The lowest BCUT2D eigenvalue weighted by atomic mass is 10.1. The van der Waals surface area contributed by atoms with E-state index in [0.717, 1.165) is 16.9 Å². The standard InChI is InChI=1S/C19H16N2O3/c1-12-17(14-6-4-3-5-7-14)18(22)20-13(2)21(12)16-10-8-15(9-11-16)19(23)24/h3-11H,1-2H3,(H,23,24)/p-1. The van der Waals surface area contributed by atoms with Crippen molar-refractivity contribution in [3.63, 3.8) is 0 Å². The van der Waals surface area contributed by atoms with Gasteiger partial charge < -0.3 is 14.5 Å². The minimum absolute atomic E-state index is 0.103. The molecule has 1 aromatic heterocycles. The fourth-order valence-electron chi connectivity index (χ4n) is 2.83. The van der Waals surface area contributed by atoms with Gasteiger partial charge in [-0.15, -0.1) is 0 Å². The third-order valence-electron chi connectivity index (χ3n) is 3.92. The van der Waals surface area contributed by atoms with Crippen molar-refractivity contribution in [3.05, 3.63) is 82.0 Å². The fourth-order valence-corrected chi connectivity index (χ4v) is 2.83. The molecule has 0 amide bonds. The summed E-state index contributed by atoms with van der Waals surface area (Å²) in [6.07, 6.45) is 0. The van der Waals surface area contributed by atoms with Crippen LogP contribution in [0.3, 0.4) is 0 Å². The van der Waals surface area contributed by atoms with E-state index in [0.29, 0.717) is 11.4 Å². The van der Waals surface area contributed by atoms with E-state index >= 15 is 0 Å². The number of hydrogen-bond donors (Lipinski definition) is 0. The summed E-state index contributed by atoms with van der Waals surface area (Å²) >= 11 is 0. The molecule has 0 aliphatic carbocycles. The Labute approximate surface area is 138 Å². The lowest BCUT2D eigenvalue weighted by molar-refractivity contribution is -0.255. The minimum atomic E-state index is -1.22. The van der Waals surface area contributed by atoms with Gasteiger partial charge in [-0.3, -0.25) is 4.79 Å². The van der Waals surface area contributed by atoms with E-state index < -0.39 is 5.97 Å². The van der Waals surface area contributed by atoms with Crippen LogP contribution in [0.15, 0.2) is 59.4 Å². The molecule has 0 saturated heterocycles. The SMILES string of the molecule is Cc1nc(=O)c(-c2ccccc2)c(C)n1-c1ccc(C(=O)[O-])cc1. The molecule has 5 nitrogen and oxygen atoms in total. The topological polar surface area (TPSA) is 75.0 Å². The van der Waals surface area contributed by atoms with Crippen molar-refractivity contribution >= 4 is 5.97 Å². The zero-order valence-corrected chi connectivity index (χ0v) is 13.3. The monoisotopic (exact) mass is 319 g/mol. The van der Waals surface area contributed by atoms with Crippen molar-refractivity contribution in [2.24, 2.45) is 0 Å². The van der Waals surface area contributed by atoms with Crippen LogP contribution < -0.4 is 10.7 Å². The smallest absolute Gasteiger partial charge is 0.281 e. The normalized spacial score (nSPS) is 10.6. The molecule has 0 radical (unpaired) electrons. The Kier molecular flexibility index (Phi) is 4.00. The highest BCUT2D eigenvalue weighted by atomic mass is 16.4. The summed E-state index contributed by atoms with van der Waals surface area (Å²) in [5, 5.41) is 10.9. The van der Waals surface area contributed by atoms with Crippen molar-refractivity contribution < 1.29 is 9.90 Å². The number of hydrogen-bond acceptors (Lipinski definition) is 4. The third kappa shape index (κ3) is 2.72. The average molecular weight is 319 g/mol. The Balaban J connectivity index is 2.22. The molecular weight excluding hydrogens is 304 g/mol. The maximum atomic E-state index is 12.4. The van der Waals surface area contributed by atoms with Crippen LogP contribution in [0.2, 0.25) is 0 Å². The number of rotatable bonds is 3. The van der Waals surface area contributed by atoms with Gasteiger partial charge >= 0.3 is 0 Å². The minimum Gasteiger partial charge on any atom is -0.545 e. The summed E-state index contributed by atoms with van der Waals surface area (Å²) in [6, 6.07) is 15.7. The van der Waals surface area contributed by atoms with Crippen LogP contribution in [0.25, 0.3) is 16.8 Å². The molecule has 0 atom stereocenters. The molecule has 24 heavy (non-hydrogen) atoms. The Hall–Kier alpha value is -3.21. The van der Waals surface area contributed by atoms with Crippen LogP contribution in [0, 0.1) is 13.8 Å². The highest BCUT2D eigenvalue weighted by Crippen LogP contribution is 2.22. The van der Waals surface area contributed by atoms with Crippen molar-refractivity contribution in [2.75, 3.05) is 0 Å². The number of aromatic nitrogens is 2. The van der Waals surface area contributed by atoms with Gasteiger partial charge in [0.05, 0.1) is 11.5 Å². The molecule has 0 aliphatic heterocycles. The zero-order chi connectivity index (χ0) is 17.3. The molecule has 0 aliphatic rings. The maximum Gasteiger partial charge on any atom is 0.281 e. The lowest BCUT2D eigenvalue weighted by Gasteiger charge is -2.17. The van der Waals surface area contributed by atoms with Gasteiger partial charge in [0.25, 0.3) is 5.56 Å². The summed E-state index contributed by atoms with van der Waals surface area (Å²) in [6.45, 7) is 3.60. The van der Waals surface area contributed by atoms with Gasteiger partial charge in [0, 0.05) is 11.4 Å². The number of aromatic carboxylic acids is 1. The van der Waals surface area contributed by atoms with E-state index in [1.165, 1.54) is 12.1 Å². The second kappa shape index (κ2) is 6.12. The zero-order valence-electron chi connectivity index (χ0n) is 13.3. The number of carbonyl (C=O) groups is 1. The van der Waals surface area contributed by atoms with E-state index in [9.17, 15) is 14.7 Å². The Morgan fingerprint density at radius 2 is 1.62 bits per heavy atom. The van der Waals surface area contributed by atoms with Crippen molar-refractivity contribution in [1.82, 2.24) is 9.55 Å². The number of carboxylic acids is 1. The van der Waals surface area contributed by atoms with Gasteiger partial charge in [-0.2, -0.15) is 4.98 Å². The molecule has 0 saturated carbocycles. The Morgan fingerprint density at radius 3 is 2.21 bits per heavy atom. The molecule has 0 fully saturated rings. The van der Waals surface area contributed by atoms with E-state index in [1.807, 2.05) is 41.8 Å². The summed E-state index contributed by atoms with van der Waals surface area (Å²) in [4.78, 5) is 27.4. The summed E-state index contributed by atoms with van der Waals surface area (Å²) < 4.78 is 1.84. The van der Waals surface area contributed by atoms with Crippen molar-refractivity contribution in [2.45, 2.75) is 13.8 Å². The molecule has 0 N–H and O–H groups in total. The molecule has 3 aromatic rings. The number of aryl methyl sites for hydroxylation is 1. The van der Waals surface area contributed by atoms with Gasteiger partial charge in [0.1, 0.15) is 5.82 Å². The second-order valence-electron chi connectivity index (χ2n) is 5.46. The van der Waals surface area contributed by atoms with Crippen LogP contribution in [0.5, 0.6) is 0 Å². The first kappa shape index (κ1) is 15.7. The number of nitrogens with zero attached hydrogens (tertiary/aromatic N) is 2. The maximum absolute atomic E-state index is 12.4. The van der Waals surface area contributed by atoms with Gasteiger partial charge in [-0.1, -0.05) is 42.5 Å². The molecule has 2 aromatic carbocycles. The average Bonchev–Trinajstić information content (AvgIpc) is 2.56. The highest BCUT2D eigenvalue weighted by molar-refractivity contribution is 5.86. The number of carboxylic acid groups (broad SMARTS) is 1. The summed E-state index contributed by atoms with van der Waals surface area (Å²) in [5.74, 6) is -0.684. The molecule has 5 heteroatoms. The highest BCUT2D eigenvalue weighted by Gasteiger charge is 2.14. The predicted molar refractivity (Wildman–Crippen MR) is 89.1 cm³/mol. The van der Waals surface area contributed by atoms with Crippen LogP contribution in [-0.2, 0) is 0 Å². The van der Waals surface area contributed by atoms with Crippen molar-refractivity contribution in [3.8, 4) is 16.8 Å². The van der Waals surface area contributed by atoms with Crippen LogP contribution in [0.1, 0.15) is 21.9 Å². The van der Waals surface area contributed by atoms with Gasteiger partial charge in [0.15, 0.2) is 0 Å². The Bertz CT molecular complexity index is 958. The van der Waals surface area contributed by atoms with Gasteiger partial charge in [-0.05, 0) is 37.1 Å². The molecule has 120 valence electrons. The van der Waals surface area contributed by atoms with E-state index in [1.54, 1.807) is 19.1 Å². The van der Waals surface area contributed by atoms with Gasteiger partial charge in [-0.25, -0.2) is 0 Å². The van der Waals surface area contributed by atoms with Gasteiger partial charge in [0.2, 0.25) is 0 Å².